The Bertz CT molecular complexity index is 1560. The molecule has 9 heteroatoms. The van der Waals surface area contributed by atoms with Gasteiger partial charge in [-0.2, -0.15) is 0 Å². The van der Waals surface area contributed by atoms with Crippen LogP contribution in [0.1, 0.15) is 18.9 Å². The molecule has 0 atom stereocenters. The third-order valence-corrected chi connectivity index (χ3v) is 9.56. The van der Waals surface area contributed by atoms with Gasteiger partial charge in [-0.1, -0.05) is 18.2 Å². The van der Waals surface area contributed by atoms with Crippen molar-refractivity contribution in [3.63, 3.8) is 0 Å². The van der Waals surface area contributed by atoms with E-state index in [0.717, 1.165) is 60.8 Å². The molecule has 4 aliphatic rings. The first-order valence-electron chi connectivity index (χ1n) is 15.5. The Balaban J connectivity index is 0.932. The predicted molar refractivity (Wildman–Crippen MR) is 168 cm³/mol. The Morgan fingerprint density at radius 3 is 2.57 bits per heavy atom. The zero-order valence-corrected chi connectivity index (χ0v) is 24.4. The number of piperazine rings is 1. The Kier molecular flexibility index (Phi) is 6.73. The van der Waals surface area contributed by atoms with Gasteiger partial charge in [0.2, 0.25) is 5.95 Å². The first-order valence-corrected chi connectivity index (χ1v) is 15.5. The summed E-state index contributed by atoms with van der Waals surface area (Å²) in [6, 6.07) is 18.4. The molecule has 1 saturated carbocycles. The minimum atomic E-state index is 0.568. The summed E-state index contributed by atoms with van der Waals surface area (Å²) in [7, 11) is 1.73. The van der Waals surface area contributed by atoms with E-state index < -0.39 is 0 Å². The zero-order chi connectivity index (χ0) is 28.0. The van der Waals surface area contributed by atoms with E-state index in [2.05, 4.69) is 83.5 Å². The summed E-state index contributed by atoms with van der Waals surface area (Å²) in [4.78, 5) is 17.3. The van der Waals surface area contributed by atoms with Gasteiger partial charge in [-0.15, -0.1) is 0 Å². The number of nitrogens with zero attached hydrogens (tertiary/aromatic N) is 6. The van der Waals surface area contributed by atoms with Crippen LogP contribution in [0.25, 0.3) is 22.2 Å². The second kappa shape index (κ2) is 10.9. The number of hydrogen-bond acceptors (Lipinski definition) is 8. The van der Waals surface area contributed by atoms with E-state index in [1.54, 1.807) is 7.11 Å². The van der Waals surface area contributed by atoms with Crippen molar-refractivity contribution < 1.29 is 4.74 Å². The minimum absolute atomic E-state index is 0.568. The summed E-state index contributed by atoms with van der Waals surface area (Å²) < 4.78 is 8.25. The largest absolute Gasteiger partial charge is 0.494 e. The molecule has 9 nitrogen and oxygen atoms in total. The third kappa shape index (κ3) is 4.99. The molecule has 4 aromatic rings. The molecule has 0 unspecified atom stereocenters. The minimum Gasteiger partial charge on any atom is -0.494 e. The second-order valence-corrected chi connectivity index (χ2v) is 12.4. The molecule has 3 saturated heterocycles. The summed E-state index contributed by atoms with van der Waals surface area (Å²) >= 11 is 0. The number of hydrogen-bond donors (Lipinski definition) is 2. The fraction of sp³-hybridized carbons (Fsp3) is 0.455. The van der Waals surface area contributed by atoms with Crippen LogP contribution in [0.15, 0.2) is 60.9 Å². The average Bonchev–Trinajstić information content (AvgIpc) is 3.76. The van der Waals surface area contributed by atoms with Crippen molar-refractivity contribution in [2.24, 2.45) is 5.92 Å². The van der Waals surface area contributed by atoms with Gasteiger partial charge in [0.05, 0.1) is 18.5 Å². The lowest BCUT2D eigenvalue weighted by Crippen LogP contribution is -2.64. The molecule has 2 aromatic heterocycles. The lowest BCUT2D eigenvalue weighted by molar-refractivity contribution is 0.0158. The highest BCUT2D eigenvalue weighted by Gasteiger charge is 2.35. The highest BCUT2D eigenvalue weighted by molar-refractivity contribution is 5.95. The van der Waals surface area contributed by atoms with Gasteiger partial charge in [0.25, 0.3) is 0 Å². The van der Waals surface area contributed by atoms with Crippen LogP contribution in [0.4, 0.5) is 17.3 Å². The molecule has 218 valence electrons. The van der Waals surface area contributed by atoms with Crippen LogP contribution < -0.4 is 20.3 Å². The normalized spacial score (nSPS) is 20.5. The molecule has 1 aliphatic carbocycles. The predicted octanol–water partition coefficient (Wildman–Crippen LogP) is 4.21. The number of anilines is 3. The molecular weight excluding hydrogens is 524 g/mol. The summed E-state index contributed by atoms with van der Waals surface area (Å²) in [5, 5.41) is 8.05. The summed E-state index contributed by atoms with van der Waals surface area (Å²) in [5.41, 5.74) is 5.42. The van der Waals surface area contributed by atoms with E-state index in [1.807, 2.05) is 12.3 Å². The van der Waals surface area contributed by atoms with Crippen molar-refractivity contribution in [1.29, 1.82) is 0 Å². The lowest BCUT2D eigenvalue weighted by atomic mass is 9.98. The van der Waals surface area contributed by atoms with Gasteiger partial charge in [-0.25, -0.2) is 9.97 Å². The molecule has 4 fully saturated rings. The number of nitrogens with one attached hydrogen (secondary N) is 2. The lowest BCUT2D eigenvalue weighted by Gasteiger charge is -2.50. The molecule has 2 N–H and O–H groups in total. The van der Waals surface area contributed by atoms with Crippen LogP contribution >= 0.6 is 0 Å². The van der Waals surface area contributed by atoms with E-state index in [-0.39, 0.29) is 0 Å². The Labute approximate surface area is 247 Å². The molecule has 0 spiro atoms. The van der Waals surface area contributed by atoms with Gasteiger partial charge in [0.1, 0.15) is 5.75 Å². The molecule has 0 radical (unpaired) electrons. The number of para-hydroxylation sites is 1. The van der Waals surface area contributed by atoms with Crippen molar-refractivity contribution in [3.8, 4) is 17.0 Å². The highest BCUT2D eigenvalue weighted by Crippen LogP contribution is 2.41. The van der Waals surface area contributed by atoms with Gasteiger partial charge in [0.15, 0.2) is 0 Å². The van der Waals surface area contributed by atoms with Gasteiger partial charge >= 0.3 is 0 Å². The number of rotatable bonds is 9. The zero-order valence-electron chi connectivity index (χ0n) is 24.4. The van der Waals surface area contributed by atoms with Crippen molar-refractivity contribution in [1.82, 2.24) is 29.7 Å². The van der Waals surface area contributed by atoms with Crippen LogP contribution in [0.2, 0.25) is 0 Å². The van der Waals surface area contributed by atoms with Gasteiger partial charge < -0.3 is 24.8 Å². The Morgan fingerprint density at radius 1 is 0.976 bits per heavy atom. The van der Waals surface area contributed by atoms with E-state index in [1.165, 1.54) is 62.2 Å². The van der Waals surface area contributed by atoms with Crippen molar-refractivity contribution in [2.75, 3.05) is 76.2 Å². The number of fused-ring (bicyclic) bond motifs is 1. The number of ether oxygens (including phenoxy) is 1. The van der Waals surface area contributed by atoms with Crippen molar-refractivity contribution in [3.05, 3.63) is 60.9 Å². The van der Waals surface area contributed by atoms with Gasteiger partial charge in [0, 0.05) is 112 Å². The number of benzene rings is 2. The SMILES string of the molecule is COc1cc(N2CCN(C3CN(CC4CNC4)C3)CC2)ccc1Nc1nccc(-c2cn(C3CC3)c3ccccc23)n1. The topological polar surface area (TPSA) is 73.7 Å². The average molecular weight is 565 g/mol. The number of likely N-dealkylation sites (tertiary alicyclic amines) is 1. The monoisotopic (exact) mass is 564 g/mol. The number of methoxy groups -OCH3 is 1. The molecule has 0 amide bonds. The van der Waals surface area contributed by atoms with E-state index in [4.69, 9.17) is 9.72 Å². The fourth-order valence-corrected chi connectivity index (χ4v) is 6.84. The second-order valence-electron chi connectivity index (χ2n) is 12.4. The van der Waals surface area contributed by atoms with Crippen molar-refractivity contribution >= 4 is 28.2 Å². The maximum absolute atomic E-state index is 5.83. The molecule has 3 aliphatic heterocycles. The van der Waals surface area contributed by atoms with E-state index >= 15 is 0 Å². The van der Waals surface area contributed by atoms with Gasteiger partial charge in [-0.05, 0) is 43.0 Å². The summed E-state index contributed by atoms with van der Waals surface area (Å²) in [6.07, 6.45) is 6.59. The van der Waals surface area contributed by atoms with Crippen LogP contribution in [0.5, 0.6) is 5.75 Å². The maximum atomic E-state index is 5.83. The Hall–Kier alpha value is -3.66. The smallest absolute Gasteiger partial charge is 0.227 e. The third-order valence-electron chi connectivity index (χ3n) is 9.56. The first kappa shape index (κ1) is 26.0. The van der Waals surface area contributed by atoms with Crippen LogP contribution in [-0.4, -0.2) is 96.4 Å². The van der Waals surface area contributed by atoms with Gasteiger partial charge in [-0.3, -0.25) is 9.80 Å². The quantitative estimate of drug-likeness (QED) is 0.313. The fourth-order valence-electron chi connectivity index (χ4n) is 6.84. The molecule has 42 heavy (non-hydrogen) atoms. The molecule has 8 rings (SSSR count). The molecular formula is C33H40N8O. The molecule has 0 bridgehead atoms. The van der Waals surface area contributed by atoms with Crippen molar-refractivity contribution in [2.45, 2.75) is 24.9 Å². The number of aromatic nitrogens is 3. The summed E-state index contributed by atoms with van der Waals surface area (Å²) in [6.45, 7) is 10.4. The highest BCUT2D eigenvalue weighted by atomic mass is 16.5. The van der Waals surface area contributed by atoms with Crippen LogP contribution in [-0.2, 0) is 0 Å². The van der Waals surface area contributed by atoms with Crippen LogP contribution in [0.3, 0.4) is 0 Å². The standard InChI is InChI=1S/C33H40N8O/c1-42-32-16-25(39-12-14-40(15-13-39)26-20-38(21-26)19-23-17-34-18-23)8-9-30(32)37-33-35-11-10-29(36-33)28-22-41(24-6-7-24)31-5-3-2-4-27(28)31/h2-5,8-11,16,22-24,26,34H,6-7,12-15,17-21H2,1H3,(H,35,36,37). The molecule has 5 heterocycles. The van der Waals surface area contributed by atoms with Crippen LogP contribution in [0, 0.1) is 5.92 Å². The van der Waals surface area contributed by atoms with E-state index in [0.29, 0.717) is 12.0 Å². The first-order chi connectivity index (χ1) is 20.7. The Morgan fingerprint density at radius 2 is 1.81 bits per heavy atom. The summed E-state index contributed by atoms with van der Waals surface area (Å²) in [5.74, 6) is 2.23. The maximum Gasteiger partial charge on any atom is 0.227 e. The van der Waals surface area contributed by atoms with E-state index in [9.17, 15) is 0 Å². The molecule has 2 aromatic carbocycles.